The Hall–Kier alpha value is -2.47. The zero-order valence-corrected chi connectivity index (χ0v) is 10.4. The lowest BCUT2D eigenvalue weighted by molar-refractivity contribution is -0.384. The highest BCUT2D eigenvalue weighted by molar-refractivity contribution is 6.28. The normalized spacial score (nSPS) is 10.6. The van der Waals surface area contributed by atoms with Crippen LogP contribution in [0.15, 0.2) is 42.7 Å². The fraction of sp³-hybridized carbons (Fsp3) is 0. The van der Waals surface area contributed by atoms with Crippen molar-refractivity contribution in [2.24, 2.45) is 0 Å². The van der Waals surface area contributed by atoms with E-state index in [9.17, 15) is 10.1 Å². The van der Waals surface area contributed by atoms with Crippen molar-refractivity contribution in [3.05, 3.63) is 63.7 Å². The summed E-state index contributed by atoms with van der Waals surface area (Å²) in [4.78, 5) is 17.6. The Morgan fingerprint density at radius 1 is 1.32 bits per heavy atom. The van der Waals surface area contributed by atoms with Crippen LogP contribution < -0.4 is 5.32 Å². The fourth-order valence-electron chi connectivity index (χ4n) is 1.37. The van der Waals surface area contributed by atoms with E-state index in [1.165, 1.54) is 0 Å². The van der Waals surface area contributed by atoms with Crippen molar-refractivity contribution in [2.45, 2.75) is 0 Å². The molecule has 0 fully saturated rings. The molecule has 0 radical (unpaired) electrons. The summed E-state index contributed by atoms with van der Waals surface area (Å²) in [5.41, 5.74) is 0.722. The van der Waals surface area contributed by atoms with Crippen LogP contribution in [0.4, 0.5) is 11.5 Å². The van der Waals surface area contributed by atoms with Crippen LogP contribution in [0.1, 0.15) is 5.56 Å². The highest BCUT2D eigenvalue weighted by Gasteiger charge is 2.15. The number of benzene rings is 1. The molecule has 2 rings (SSSR count). The summed E-state index contributed by atoms with van der Waals surface area (Å²) in [5.74, 6) is 0.0529. The molecule has 6 nitrogen and oxygen atoms in total. The van der Waals surface area contributed by atoms with Gasteiger partial charge < -0.3 is 5.32 Å². The SMILES string of the molecule is O=[N+]([O-])c1cnc(Cl)nc1NC=Cc1ccccc1. The molecule has 7 heteroatoms. The molecule has 0 saturated heterocycles. The average Bonchev–Trinajstić information content (AvgIpc) is 2.39. The lowest BCUT2D eigenvalue weighted by Gasteiger charge is -2.01. The lowest BCUT2D eigenvalue weighted by atomic mass is 10.2. The smallest absolute Gasteiger partial charge is 0.329 e. The van der Waals surface area contributed by atoms with E-state index in [0.717, 1.165) is 11.8 Å². The van der Waals surface area contributed by atoms with Crippen LogP contribution in [0.5, 0.6) is 0 Å². The number of hydrogen-bond donors (Lipinski definition) is 1. The number of nitrogens with zero attached hydrogens (tertiary/aromatic N) is 3. The van der Waals surface area contributed by atoms with Crippen LogP contribution in [-0.2, 0) is 0 Å². The minimum absolute atomic E-state index is 0.0529. The second kappa shape index (κ2) is 5.92. The summed E-state index contributed by atoms with van der Waals surface area (Å²) in [7, 11) is 0. The van der Waals surface area contributed by atoms with Gasteiger partial charge in [-0.3, -0.25) is 10.1 Å². The third kappa shape index (κ3) is 3.49. The molecule has 2 aromatic rings. The molecule has 0 unspecified atom stereocenters. The third-order valence-corrected chi connectivity index (χ3v) is 2.41. The van der Waals surface area contributed by atoms with Crippen LogP contribution in [-0.4, -0.2) is 14.9 Å². The van der Waals surface area contributed by atoms with Gasteiger partial charge in [-0.05, 0) is 23.2 Å². The van der Waals surface area contributed by atoms with Crippen LogP contribution in [0.3, 0.4) is 0 Å². The predicted molar refractivity (Wildman–Crippen MR) is 72.8 cm³/mol. The van der Waals surface area contributed by atoms with Crippen molar-refractivity contribution >= 4 is 29.2 Å². The maximum absolute atomic E-state index is 10.8. The van der Waals surface area contributed by atoms with Crippen molar-refractivity contribution in [2.75, 3.05) is 5.32 Å². The van der Waals surface area contributed by atoms with Gasteiger partial charge in [0.05, 0.1) is 4.92 Å². The largest absolute Gasteiger partial charge is 0.341 e. The Bertz CT molecular complexity index is 616. The summed E-state index contributed by atoms with van der Waals surface area (Å²) in [5, 5.41) is 13.5. The molecule has 0 aliphatic rings. The van der Waals surface area contributed by atoms with Crippen molar-refractivity contribution in [3.63, 3.8) is 0 Å². The quantitative estimate of drug-likeness (QED) is 0.527. The number of nitro groups is 1. The van der Waals surface area contributed by atoms with Crippen LogP contribution in [0.25, 0.3) is 6.08 Å². The minimum atomic E-state index is -0.574. The summed E-state index contributed by atoms with van der Waals surface area (Å²) in [6.07, 6.45) is 4.38. The van der Waals surface area contributed by atoms with E-state index in [1.54, 1.807) is 12.3 Å². The van der Waals surface area contributed by atoms with Crippen LogP contribution in [0.2, 0.25) is 5.28 Å². The molecule has 19 heavy (non-hydrogen) atoms. The van der Waals surface area contributed by atoms with Gasteiger partial charge in [0.2, 0.25) is 11.1 Å². The van der Waals surface area contributed by atoms with E-state index in [2.05, 4.69) is 15.3 Å². The summed E-state index contributed by atoms with van der Waals surface area (Å²) >= 11 is 5.61. The van der Waals surface area contributed by atoms with Gasteiger partial charge >= 0.3 is 5.69 Å². The Morgan fingerprint density at radius 3 is 2.74 bits per heavy atom. The molecule has 0 aliphatic heterocycles. The number of hydrogen-bond acceptors (Lipinski definition) is 5. The highest BCUT2D eigenvalue weighted by Crippen LogP contribution is 2.21. The standard InChI is InChI=1S/C12H9ClN4O2/c13-12-15-8-10(17(18)19)11(16-12)14-7-6-9-4-2-1-3-5-9/h1-8H,(H,14,15,16). The second-order valence-electron chi connectivity index (χ2n) is 3.52. The Labute approximate surface area is 113 Å². The molecule has 1 heterocycles. The Kier molecular flexibility index (Phi) is 4.04. The third-order valence-electron chi connectivity index (χ3n) is 2.23. The molecule has 0 bridgehead atoms. The van der Waals surface area contributed by atoms with Gasteiger partial charge in [-0.15, -0.1) is 0 Å². The van der Waals surface area contributed by atoms with Crippen LogP contribution in [0, 0.1) is 10.1 Å². The second-order valence-corrected chi connectivity index (χ2v) is 3.86. The van der Waals surface area contributed by atoms with E-state index in [-0.39, 0.29) is 16.8 Å². The van der Waals surface area contributed by atoms with Gasteiger partial charge in [-0.25, -0.2) is 4.98 Å². The molecule has 1 N–H and O–H groups in total. The van der Waals surface area contributed by atoms with E-state index in [1.807, 2.05) is 30.3 Å². The molecule has 0 amide bonds. The van der Waals surface area contributed by atoms with Crippen molar-refractivity contribution < 1.29 is 4.92 Å². The van der Waals surface area contributed by atoms with E-state index in [4.69, 9.17) is 11.6 Å². The number of nitrogens with one attached hydrogen (secondary N) is 1. The van der Waals surface area contributed by atoms with E-state index in [0.29, 0.717) is 0 Å². The molecule has 0 atom stereocenters. The molecular weight excluding hydrogens is 268 g/mol. The molecule has 96 valence electrons. The van der Waals surface area contributed by atoms with Crippen molar-refractivity contribution in [3.8, 4) is 0 Å². The van der Waals surface area contributed by atoms with E-state index >= 15 is 0 Å². The monoisotopic (exact) mass is 276 g/mol. The van der Waals surface area contributed by atoms with Crippen molar-refractivity contribution in [1.82, 2.24) is 9.97 Å². The van der Waals surface area contributed by atoms with Gasteiger partial charge in [0, 0.05) is 6.20 Å². The maximum Gasteiger partial charge on any atom is 0.329 e. The highest BCUT2D eigenvalue weighted by atomic mass is 35.5. The lowest BCUT2D eigenvalue weighted by Crippen LogP contribution is -2.00. The molecule has 0 aliphatic carbocycles. The van der Waals surface area contributed by atoms with Gasteiger partial charge in [-0.1, -0.05) is 30.3 Å². The molecule has 1 aromatic carbocycles. The van der Waals surface area contributed by atoms with Gasteiger partial charge in [0.25, 0.3) is 0 Å². The zero-order chi connectivity index (χ0) is 13.7. The average molecular weight is 277 g/mol. The minimum Gasteiger partial charge on any atom is -0.341 e. The first-order valence-corrected chi connectivity index (χ1v) is 5.69. The van der Waals surface area contributed by atoms with Crippen LogP contribution >= 0.6 is 11.6 Å². The predicted octanol–water partition coefficient (Wildman–Crippen LogP) is 3.12. The van der Waals surface area contributed by atoms with E-state index < -0.39 is 4.92 Å². The topological polar surface area (TPSA) is 81.0 Å². The first-order chi connectivity index (χ1) is 9.16. The summed E-state index contributed by atoms with van der Waals surface area (Å²) in [6, 6.07) is 9.49. The van der Waals surface area contributed by atoms with Crippen molar-refractivity contribution in [1.29, 1.82) is 0 Å². The molecule has 0 saturated carbocycles. The first-order valence-electron chi connectivity index (χ1n) is 5.32. The molecule has 1 aromatic heterocycles. The fourth-order valence-corrected chi connectivity index (χ4v) is 1.51. The summed E-state index contributed by atoms with van der Waals surface area (Å²) in [6.45, 7) is 0. The Balaban J connectivity index is 2.17. The van der Waals surface area contributed by atoms with Gasteiger partial charge in [0.1, 0.15) is 6.20 Å². The number of aromatic nitrogens is 2. The summed E-state index contributed by atoms with van der Waals surface area (Å²) < 4.78 is 0. The maximum atomic E-state index is 10.8. The van der Waals surface area contributed by atoms with Gasteiger partial charge in [0.15, 0.2) is 0 Å². The molecular formula is C12H9ClN4O2. The zero-order valence-electron chi connectivity index (χ0n) is 9.65. The number of rotatable bonds is 4. The van der Waals surface area contributed by atoms with Gasteiger partial charge in [-0.2, -0.15) is 4.98 Å². The number of halogens is 1. The first kappa shape index (κ1) is 13.0. The number of anilines is 1. The Morgan fingerprint density at radius 2 is 2.05 bits per heavy atom. The molecule has 0 spiro atoms.